The van der Waals surface area contributed by atoms with Crippen molar-refractivity contribution in [2.24, 2.45) is 5.73 Å². The largest absolute Gasteiger partial charge is 0.319 e. The first-order valence-electron chi connectivity index (χ1n) is 5.52. The number of hydrogen-bond donors (Lipinski definition) is 1. The van der Waals surface area contributed by atoms with E-state index in [0.717, 1.165) is 17.0 Å². The van der Waals surface area contributed by atoms with Gasteiger partial charge in [0.15, 0.2) is 0 Å². The molecule has 0 aliphatic heterocycles. The number of hydrogen-bond acceptors (Lipinski definition) is 4. The zero-order chi connectivity index (χ0) is 12.5. The Hall–Kier alpha value is -1.81. The lowest BCUT2D eigenvalue weighted by Gasteiger charge is -2.18. The highest BCUT2D eigenvalue weighted by molar-refractivity contribution is 5.57. The van der Waals surface area contributed by atoms with Gasteiger partial charge in [0.05, 0.1) is 11.2 Å². The monoisotopic (exact) mass is 228 g/mol. The lowest BCUT2D eigenvalue weighted by atomic mass is 10.1. The van der Waals surface area contributed by atoms with Gasteiger partial charge < -0.3 is 5.73 Å². The normalized spacial score (nSPS) is 11.5. The molecule has 4 heteroatoms. The van der Waals surface area contributed by atoms with Crippen molar-refractivity contribution in [1.82, 2.24) is 15.0 Å². The van der Waals surface area contributed by atoms with E-state index in [1.54, 1.807) is 12.4 Å². The zero-order valence-electron chi connectivity index (χ0n) is 10.3. The molecule has 0 saturated heterocycles. The second-order valence-electron chi connectivity index (χ2n) is 4.68. The molecule has 0 aliphatic carbocycles. The Morgan fingerprint density at radius 3 is 2.59 bits per heavy atom. The van der Waals surface area contributed by atoms with Gasteiger partial charge in [-0.3, -0.25) is 4.98 Å². The third kappa shape index (κ3) is 2.65. The van der Waals surface area contributed by atoms with Crippen LogP contribution in [-0.2, 0) is 5.54 Å². The number of aromatic nitrogens is 3. The molecule has 0 spiro atoms. The molecule has 2 rings (SSSR count). The molecule has 0 amide bonds. The Balaban J connectivity index is 2.54. The number of nitrogens with two attached hydrogens (primary N) is 1. The van der Waals surface area contributed by atoms with Crippen LogP contribution >= 0.6 is 0 Å². The lowest BCUT2D eigenvalue weighted by molar-refractivity contribution is 0.512. The molecule has 88 valence electrons. The van der Waals surface area contributed by atoms with Crippen LogP contribution in [0.3, 0.4) is 0 Å². The second-order valence-corrected chi connectivity index (χ2v) is 4.68. The topological polar surface area (TPSA) is 64.7 Å². The molecule has 0 radical (unpaired) electrons. The summed E-state index contributed by atoms with van der Waals surface area (Å²) >= 11 is 0. The fourth-order valence-electron chi connectivity index (χ4n) is 1.52. The second kappa shape index (κ2) is 4.22. The minimum Gasteiger partial charge on any atom is -0.319 e. The highest BCUT2D eigenvalue weighted by atomic mass is 15.0. The molecule has 0 fully saturated rings. The molecule has 0 aromatic carbocycles. The van der Waals surface area contributed by atoms with E-state index in [4.69, 9.17) is 5.73 Å². The number of pyridine rings is 1. The van der Waals surface area contributed by atoms with Crippen molar-refractivity contribution < 1.29 is 0 Å². The van der Waals surface area contributed by atoms with Crippen LogP contribution in [0.2, 0.25) is 0 Å². The molecule has 4 nitrogen and oxygen atoms in total. The van der Waals surface area contributed by atoms with Crippen LogP contribution in [-0.4, -0.2) is 15.0 Å². The van der Waals surface area contributed by atoms with Crippen molar-refractivity contribution in [2.75, 3.05) is 0 Å². The average molecular weight is 228 g/mol. The molecule has 0 saturated carbocycles. The van der Waals surface area contributed by atoms with E-state index < -0.39 is 5.54 Å². The Kier molecular flexibility index (Phi) is 2.90. The van der Waals surface area contributed by atoms with Crippen molar-refractivity contribution in [3.05, 3.63) is 42.1 Å². The molecular weight excluding hydrogens is 212 g/mol. The average Bonchev–Trinajstić information content (AvgIpc) is 2.28. The lowest BCUT2D eigenvalue weighted by Crippen LogP contribution is -2.31. The molecule has 17 heavy (non-hydrogen) atoms. The first-order valence-corrected chi connectivity index (χ1v) is 5.52. The van der Waals surface area contributed by atoms with Crippen LogP contribution < -0.4 is 5.73 Å². The van der Waals surface area contributed by atoms with Gasteiger partial charge in [0.2, 0.25) is 0 Å². The molecule has 2 aromatic heterocycles. The fourth-order valence-corrected chi connectivity index (χ4v) is 1.52. The molecule has 2 aromatic rings. The molecule has 0 atom stereocenters. The summed E-state index contributed by atoms with van der Waals surface area (Å²) in [7, 11) is 0. The third-order valence-electron chi connectivity index (χ3n) is 2.39. The van der Waals surface area contributed by atoms with E-state index in [9.17, 15) is 0 Å². The van der Waals surface area contributed by atoms with E-state index >= 15 is 0 Å². The van der Waals surface area contributed by atoms with Gasteiger partial charge in [0, 0.05) is 23.7 Å². The summed E-state index contributed by atoms with van der Waals surface area (Å²) in [5.41, 5.74) is 8.24. The highest BCUT2D eigenvalue weighted by Gasteiger charge is 2.19. The van der Waals surface area contributed by atoms with E-state index in [1.165, 1.54) is 0 Å². The molecule has 2 heterocycles. The minimum atomic E-state index is -0.539. The van der Waals surface area contributed by atoms with Crippen LogP contribution in [0.1, 0.15) is 25.4 Å². The van der Waals surface area contributed by atoms with E-state index in [0.29, 0.717) is 5.82 Å². The van der Waals surface area contributed by atoms with Gasteiger partial charge in [0.1, 0.15) is 5.82 Å². The van der Waals surface area contributed by atoms with Crippen molar-refractivity contribution in [3.8, 4) is 11.3 Å². The summed E-state index contributed by atoms with van der Waals surface area (Å²) in [4.78, 5) is 13.0. The van der Waals surface area contributed by atoms with Crippen molar-refractivity contribution in [3.63, 3.8) is 0 Å². The van der Waals surface area contributed by atoms with E-state index in [2.05, 4.69) is 15.0 Å². The van der Waals surface area contributed by atoms with Crippen LogP contribution in [0.5, 0.6) is 0 Å². The van der Waals surface area contributed by atoms with E-state index in [1.807, 2.05) is 39.0 Å². The highest BCUT2D eigenvalue weighted by Crippen LogP contribution is 2.20. The Morgan fingerprint density at radius 2 is 2.00 bits per heavy atom. The molecule has 0 unspecified atom stereocenters. The Bertz CT molecular complexity index is 515. The van der Waals surface area contributed by atoms with Crippen LogP contribution in [0.25, 0.3) is 11.3 Å². The Morgan fingerprint density at radius 1 is 1.24 bits per heavy atom. The third-order valence-corrected chi connectivity index (χ3v) is 2.39. The van der Waals surface area contributed by atoms with Crippen molar-refractivity contribution >= 4 is 0 Å². The van der Waals surface area contributed by atoms with Crippen molar-refractivity contribution in [1.29, 1.82) is 0 Å². The molecule has 0 aliphatic rings. The quantitative estimate of drug-likeness (QED) is 0.854. The van der Waals surface area contributed by atoms with Crippen LogP contribution in [0.4, 0.5) is 0 Å². The van der Waals surface area contributed by atoms with Gasteiger partial charge in [-0.2, -0.15) is 0 Å². The maximum absolute atomic E-state index is 6.03. The van der Waals surface area contributed by atoms with Gasteiger partial charge in [0.25, 0.3) is 0 Å². The van der Waals surface area contributed by atoms with Gasteiger partial charge in [-0.15, -0.1) is 0 Å². The van der Waals surface area contributed by atoms with Gasteiger partial charge in [-0.25, -0.2) is 9.97 Å². The standard InChI is InChI=1S/C13H16N4/c1-9-7-11(10-5-4-6-15-8-10)17-12(16-9)13(2,3)14/h4-8H,14H2,1-3H3. The maximum atomic E-state index is 6.03. The number of nitrogens with zero attached hydrogens (tertiary/aromatic N) is 3. The number of aryl methyl sites for hydroxylation is 1. The minimum absolute atomic E-state index is 0.539. The van der Waals surface area contributed by atoms with Crippen LogP contribution in [0, 0.1) is 6.92 Å². The SMILES string of the molecule is Cc1cc(-c2cccnc2)nc(C(C)(C)N)n1. The first kappa shape index (κ1) is 11.7. The Labute approximate surface area is 101 Å². The summed E-state index contributed by atoms with van der Waals surface area (Å²) < 4.78 is 0. The van der Waals surface area contributed by atoms with Crippen molar-refractivity contribution in [2.45, 2.75) is 26.3 Å². The zero-order valence-corrected chi connectivity index (χ0v) is 10.3. The summed E-state index contributed by atoms with van der Waals surface area (Å²) in [5, 5.41) is 0. The molecular formula is C13H16N4. The van der Waals surface area contributed by atoms with Gasteiger partial charge in [-0.05, 0) is 39.0 Å². The fraction of sp³-hybridized carbons (Fsp3) is 0.308. The summed E-state index contributed by atoms with van der Waals surface area (Å²) in [6.07, 6.45) is 3.53. The first-order chi connectivity index (χ1) is 7.97. The number of rotatable bonds is 2. The predicted molar refractivity (Wildman–Crippen MR) is 67.2 cm³/mol. The molecule has 2 N–H and O–H groups in total. The molecule has 0 bridgehead atoms. The van der Waals surface area contributed by atoms with Crippen LogP contribution in [0.15, 0.2) is 30.6 Å². The predicted octanol–water partition coefficient (Wildman–Crippen LogP) is 2.04. The summed E-state index contributed by atoms with van der Waals surface area (Å²) in [6, 6.07) is 5.80. The van der Waals surface area contributed by atoms with E-state index in [-0.39, 0.29) is 0 Å². The maximum Gasteiger partial charge on any atom is 0.148 e. The summed E-state index contributed by atoms with van der Waals surface area (Å²) in [5.74, 6) is 0.649. The van der Waals surface area contributed by atoms with Gasteiger partial charge in [-0.1, -0.05) is 0 Å². The summed E-state index contributed by atoms with van der Waals surface area (Å²) in [6.45, 7) is 5.74. The van der Waals surface area contributed by atoms with Gasteiger partial charge >= 0.3 is 0 Å². The smallest absolute Gasteiger partial charge is 0.148 e.